The Morgan fingerprint density at radius 2 is 1.97 bits per heavy atom. The summed E-state index contributed by atoms with van der Waals surface area (Å²) in [6.45, 7) is 5.18. The number of rotatable bonds is 6. The first kappa shape index (κ1) is 21.7. The van der Waals surface area contributed by atoms with Crippen molar-refractivity contribution in [2.24, 2.45) is 0 Å². The Morgan fingerprint density at radius 1 is 1.25 bits per heavy atom. The molecule has 0 saturated carbocycles. The first-order valence-corrected chi connectivity index (χ1v) is 10.9. The molecule has 1 saturated heterocycles. The van der Waals surface area contributed by atoms with Gasteiger partial charge in [-0.2, -0.15) is 0 Å². The fraction of sp³-hybridized carbons (Fsp3) is 0.318. The van der Waals surface area contributed by atoms with Gasteiger partial charge in [0.05, 0.1) is 10.9 Å². The van der Waals surface area contributed by atoms with E-state index in [0.717, 1.165) is 5.69 Å². The number of amides is 2. The van der Waals surface area contributed by atoms with Crippen LogP contribution in [0, 0.1) is 6.92 Å². The van der Waals surface area contributed by atoms with Crippen molar-refractivity contribution in [3.05, 3.63) is 45.3 Å². The van der Waals surface area contributed by atoms with Gasteiger partial charge in [0, 0.05) is 30.0 Å². The molecular formula is C22H20N2O7S. The quantitative estimate of drug-likeness (QED) is 0.520. The van der Waals surface area contributed by atoms with Crippen LogP contribution in [0.1, 0.15) is 37.9 Å². The van der Waals surface area contributed by atoms with E-state index in [1.165, 1.54) is 24.5 Å². The molecule has 0 N–H and O–H groups in total. The highest BCUT2D eigenvalue weighted by molar-refractivity contribution is 7.13. The van der Waals surface area contributed by atoms with Crippen molar-refractivity contribution in [1.29, 1.82) is 0 Å². The zero-order valence-corrected chi connectivity index (χ0v) is 18.5. The molecule has 166 valence electrons. The van der Waals surface area contributed by atoms with Gasteiger partial charge in [0.2, 0.25) is 5.43 Å². The normalized spacial score (nSPS) is 14.8. The average Bonchev–Trinajstić information content (AvgIpc) is 3.33. The number of aromatic nitrogens is 1. The summed E-state index contributed by atoms with van der Waals surface area (Å²) in [6, 6.07) is 3.22. The maximum absolute atomic E-state index is 13.0. The summed E-state index contributed by atoms with van der Waals surface area (Å²) in [5, 5.41) is 3.29. The number of thiazole rings is 1. The van der Waals surface area contributed by atoms with Crippen LogP contribution in [0.25, 0.3) is 21.5 Å². The van der Waals surface area contributed by atoms with Crippen molar-refractivity contribution in [3.63, 3.8) is 0 Å². The monoisotopic (exact) mass is 456 g/mol. The molecule has 3 aromatic rings. The molecule has 1 aliphatic rings. The Hall–Kier alpha value is -3.53. The molecular weight excluding hydrogens is 436 g/mol. The van der Waals surface area contributed by atoms with Gasteiger partial charge >= 0.3 is 5.97 Å². The van der Waals surface area contributed by atoms with Crippen LogP contribution in [0.4, 0.5) is 0 Å². The van der Waals surface area contributed by atoms with E-state index in [2.05, 4.69) is 4.98 Å². The second kappa shape index (κ2) is 8.54. The molecule has 1 aromatic carbocycles. The Morgan fingerprint density at radius 3 is 2.59 bits per heavy atom. The van der Waals surface area contributed by atoms with Gasteiger partial charge in [-0.15, -0.1) is 16.4 Å². The molecule has 1 aliphatic heterocycles. The minimum atomic E-state index is -1.11. The van der Waals surface area contributed by atoms with Gasteiger partial charge in [-0.05, 0) is 31.9 Å². The van der Waals surface area contributed by atoms with Crippen molar-refractivity contribution in [2.75, 3.05) is 0 Å². The summed E-state index contributed by atoms with van der Waals surface area (Å²) < 4.78 is 11.4. The van der Waals surface area contributed by atoms with Crippen LogP contribution in [0.3, 0.4) is 0 Å². The van der Waals surface area contributed by atoms with Crippen LogP contribution < -0.4 is 10.2 Å². The van der Waals surface area contributed by atoms with E-state index in [1.807, 2.05) is 19.2 Å². The summed E-state index contributed by atoms with van der Waals surface area (Å²) in [5.74, 6) is -1.68. The number of carbonyl (C=O) groups excluding carboxylic acids is 3. The highest BCUT2D eigenvalue weighted by Crippen LogP contribution is 2.29. The SMILES string of the molecule is CCc1cc2c(=O)c(-c3nc(C)cs3)coc2cc1OC(C)C(=O)ON1C(=O)CCC1=O. The van der Waals surface area contributed by atoms with E-state index in [4.69, 9.17) is 14.0 Å². The van der Waals surface area contributed by atoms with Crippen LogP contribution in [0.15, 0.2) is 33.0 Å². The third-order valence-corrected chi connectivity index (χ3v) is 6.00. The number of nitrogens with zero attached hydrogens (tertiary/aromatic N) is 2. The highest BCUT2D eigenvalue weighted by atomic mass is 32.1. The van der Waals surface area contributed by atoms with Gasteiger partial charge < -0.3 is 14.0 Å². The summed E-state index contributed by atoms with van der Waals surface area (Å²) in [5.41, 5.74) is 1.97. The molecule has 10 heteroatoms. The lowest BCUT2D eigenvalue weighted by molar-refractivity contribution is -0.201. The Balaban J connectivity index is 1.61. The second-order valence-corrected chi connectivity index (χ2v) is 8.19. The zero-order valence-electron chi connectivity index (χ0n) is 17.7. The molecule has 3 heterocycles. The van der Waals surface area contributed by atoms with Gasteiger partial charge in [-0.3, -0.25) is 14.4 Å². The van der Waals surface area contributed by atoms with Crippen molar-refractivity contribution in [3.8, 4) is 16.3 Å². The van der Waals surface area contributed by atoms with Crippen LogP contribution in [-0.2, 0) is 25.6 Å². The fourth-order valence-electron chi connectivity index (χ4n) is 3.27. The fourth-order valence-corrected chi connectivity index (χ4v) is 4.07. The van der Waals surface area contributed by atoms with E-state index in [1.54, 1.807) is 12.1 Å². The van der Waals surface area contributed by atoms with Gasteiger partial charge in [0.1, 0.15) is 22.6 Å². The summed E-state index contributed by atoms with van der Waals surface area (Å²) in [4.78, 5) is 57.9. The Kier molecular flexibility index (Phi) is 5.79. The van der Waals surface area contributed by atoms with E-state index in [-0.39, 0.29) is 18.3 Å². The number of imide groups is 1. The predicted octanol–water partition coefficient (Wildman–Crippen LogP) is 3.16. The van der Waals surface area contributed by atoms with Crippen LogP contribution in [0.5, 0.6) is 5.75 Å². The Bertz CT molecular complexity index is 1280. The lowest BCUT2D eigenvalue weighted by Crippen LogP contribution is -2.37. The number of fused-ring (bicyclic) bond motifs is 1. The molecule has 0 spiro atoms. The van der Waals surface area contributed by atoms with E-state index in [9.17, 15) is 19.2 Å². The largest absolute Gasteiger partial charge is 0.478 e. The molecule has 0 radical (unpaired) electrons. The topological polar surface area (TPSA) is 116 Å². The number of benzene rings is 1. The molecule has 2 amide bonds. The number of carbonyl (C=O) groups is 3. The summed E-state index contributed by atoms with van der Waals surface area (Å²) in [7, 11) is 0. The lowest BCUT2D eigenvalue weighted by atomic mass is 10.1. The van der Waals surface area contributed by atoms with Crippen LogP contribution in [-0.4, -0.2) is 33.9 Å². The second-order valence-electron chi connectivity index (χ2n) is 7.33. The number of hydrogen-bond donors (Lipinski definition) is 0. The van der Waals surface area contributed by atoms with Crippen molar-refractivity contribution < 1.29 is 28.4 Å². The molecule has 1 atom stereocenters. The zero-order chi connectivity index (χ0) is 23.0. The first-order chi connectivity index (χ1) is 15.3. The molecule has 0 bridgehead atoms. The maximum atomic E-state index is 13.0. The van der Waals surface area contributed by atoms with Crippen LogP contribution in [0.2, 0.25) is 0 Å². The number of hydrogen-bond acceptors (Lipinski definition) is 9. The molecule has 4 rings (SSSR count). The minimum absolute atomic E-state index is 0.00753. The number of hydroxylamine groups is 2. The molecule has 0 aliphatic carbocycles. The van der Waals surface area contributed by atoms with Gasteiger partial charge in [-0.1, -0.05) is 6.92 Å². The third kappa shape index (κ3) is 4.01. The molecule has 9 nitrogen and oxygen atoms in total. The van der Waals surface area contributed by atoms with E-state index in [0.29, 0.717) is 44.3 Å². The third-order valence-electron chi connectivity index (χ3n) is 5.01. The number of aryl methyl sites for hydroxylation is 2. The highest BCUT2D eigenvalue weighted by Gasteiger charge is 2.34. The maximum Gasteiger partial charge on any atom is 0.372 e. The smallest absolute Gasteiger partial charge is 0.372 e. The molecule has 2 aromatic heterocycles. The van der Waals surface area contributed by atoms with Gasteiger partial charge in [-0.25, -0.2) is 9.78 Å². The van der Waals surface area contributed by atoms with Gasteiger partial charge in [0.15, 0.2) is 6.10 Å². The van der Waals surface area contributed by atoms with Crippen LogP contribution >= 0.6 is 11.3 Å². The van der Waals surface area contributed by atoms with Gasteiger partial charge in [0.25, 0.3) is 11.8 Å². The molecule has 32 heavy (non-hydrogen) atoms. The molecule has 1 fully saturated rings. The molecule has 1 unspecified atom stereocenters. The minimum Gasteiger partial charge on any atom is -0.478 e. The standard InChI is InChI=1S/C22H20N2O7S/c1-4-13-7-14-17(29-9-15(20(14)27)21-23-11(2)10-32-21)8-16(13)30-12(3)22(28)31-24-18(25)5-6-19(24)26/h7-10,12H,4-6H2,1-3H3. The van der Waals surface area contributed by atoms with Crippen molar-refractivity contribution in [2.45, 2.75) is 46.1 Å². The summed E-state index contributed by atoms with van der Waals surface area (Å²) in [6.07, 6.45) is 0.793. The average molecular weight is 456 g/mol. The lowest BCUT2D eigenvalue weighted by Gasteiger charge is -2.19. The van der Waals surface area contributed by atoms with Crippen molar-refractivity contribution >= 4 is 40.1 Å². The van der Waals surface area contributed by atoms with E-state index >= 15 is 0 Å². The van der Waals surface area contributed by atoms with E-state index < -0.39 is 23.9 Å². The summed E-state index contributed by atoms with van der Waals surface area (Å²) >= 11 is 1.36. The number of ether oxygens (including phenoxy) is 1. The van der Waals surface area contributed by atoms with Crippen molar-refractivity contribution in [1.82, 2.24) is 10.0 Å². The first-order valence-electron chi connectivity index (χ1n) is 10.0. The predicted molar refractivity (Wildman–Crippen MR) is 115 cm³/mol. The Labute approximate surface area is 186 Å².